The van der Waals surface area contributed by atoms with Gasteiger partial charge in [0.2, 0.25) is 0 Å². The van der Waals surface area contributed by atoms with Crippen molar-refractivity contribution in [2.24, 2.45) is 0 Å². The topological polar surface area (TPSA) is 124 Å². The van der Waals surface area contributed by atoms with Crippen LogP contribution >= 0.6 is 11.6 Å². The molecule has 4 aromatic rings. The van der Waals surface area contributed by atoms with Crippen molar-refractivity contribution < 1.29 is 8.42 Å². The fourth-order valence-corrected chi connectivity index (χ4v) is 5.80. The van der Waals surface area contributed by atoms with Crippen molar-refractivity contribution in [3.63, 3.8) is 0 Å². The van der Waals surface area contributed by atoms with Crippen LogP contribution in [0, 0.1) is 6.92 Å². The molecule has 0 unspecified atom stereocenters. The molecule has 0 amide bonds. The van der Waals surface area contributed by atoms with E-state index >= 15 is 0 Å². The second-order valence-corrected chi connectivity index (χ2v) is 10.3. The zero-order valence-electron chi connectivity index (χ0n) is 18.2. The largest absolute Gasteiger partial charge is 0.385 e. The highest BCUT2D eigenvalue weighted by atomic mass is 35.5. The quantitative estimate of drug-likeness (QED) is 0.318. The third kappa shape index (κ3) is 4.08. The number of nitrogens with one attached hydrogen (secondary N) is 4. The summed E-state index contributed by atoms with van der Waals surface area (Å²) in [5.41, 5.74) is 3.75. The van der Waals surface area contributed by atoms with Gasteiger partial charge in [0.25, 0.3) is 10.0 Å². The molecule has 0 aliphatic carbocycles. The summed E-state index contributed by atoms with van der Waals surface area (Å²) in [5, 5.41) is 3.80. The normalized spacial score (nSPS) is 13.4. The average Bonchev–Trinajstić information content (AvgIpc) is 2.79. The smallest absolute Gasteiger partial charge is 0.314 e. The molecule has 0 saturated heterocycles. The summed E-state index contributed by atoms with van der Waals surface area (Å²) in [6.45, 7) is 2.57. The van der Waals surface area contributed by atoms with Crippen molar-refractivity contribution in [1.82, 2.24) is 9.97 Å². The Kier molecular flexibility index (Phi) is 5.45. The van der Waals surface area contributed by atoms with Crippen LogP contribution in [-0.2, 0) is 16.4 Å². The average molecular weight is 497 g/mol. The predicted octanol–water partition coefficient (Wildman–Crippen LogP) is 4.00. The lowest BCUT2D eigenvalue weighted by atomic mass is 9.97. The van der Waals surface area contributed by atoms with Crippen LogP contribution in [0.4, 0.5) is 11.4 Å². The van der Waals surface area contributed by atoms with Gasteiger partial charge in [-0.25, -0.2) is 8.42 Å². The second-order valence-electron chi connectivity index (χ2n) is 8.27. The zero-order chi connectivity index (χ0) is 24.0. The number of hydrogen-bond donors (Lipinski definition) is 4. The van der Waals surface area contributed by atoms with Crippen molar-refractivity contribution in [3.05, 3.63) is 85.4 Å². The summed E-state index contributed by atoms with van der Waals surface area (Å²) in [7, 11) is -4.00. The number of halogens is 1. The minimum atomic E-state index is -4.00. The number of aryl methyl sites for hydroxylation is 2. The van der Waals surface area contributed by atoms with Crippen LogP contribution in [0.25, 0.3) is 22.2 Å². The molecule has 1 aliphatic rings. The van der Waals surface area contributed by atoms with Gasteiger partial charge in [-0.2, -0.15) is 0 Å². The van der Waals surface area contributed by atoms with E-state index in [2.05, 4.69) is 26.1 Å². The first-order chi connectivity index (χ1) is 16.2. The highest BCUT2D eigenvalue weighted by molar-refractivity contribution is 7.92. The maximum Gasteiger partial charge on any atom is 0.314 e. The Bertz CT molecular complexity index is 1680. The number of anilines is 2. The van der Waals surface area contributed by atoms with Crippen LogP contribution in [0.1, 0.15) is 17.5 Å². The van der Waals surface area contributed by atoms with Gasteiger partial charge >= 0.3 is 11.1 Å². The lowest BCUT2D eigenvalue weighted by Crippen LogP contribution is -2.29. The Labute approximate surface area is 200 Å². The minimum Gasteiger partial charge on any atom is -0.385 e. The first-order valence-corrected chi connectivity index (χ1v) is 12.5. The van der Waals surface area contributed by atoms with E-state index in [4.69, 9.17) is 11.6 Å². The molecule has 3 aromatic carbocycles. The van der Waals surface area contributed by atoms with Gasteiger partial charge < -0.3 is 15.3 Å². The van der Waals surface area contributed by atoms with Crippen molar-refractivity contribution in [3.8, 4) is 11.1 Å². The number of hydrogen-bond acceptors (Lipinski definition) is 5. The standard InChI is InChI=1S/C24H21ClN4O4S/c1-13-9-20-21(28-24(31)23(30)27-20)12-22(13)34(32,33)29-16-5-6-17(18(25)11-16)14-4-7-19-15(10-14)3-2-8-26-19/h4-7,9-12,26,29H,2-3,8H2,1H3,(H,27,30)(H,28,31). The van der Waals surface area contributed by atoms with E-state index in [0.717, 1.165) is 36.2 Å². The summed E-state index contributed by atoms with van der Waals surface area (Å²) in [6.07, 6.45) is 2.07. The van der Waals surface area contributed by atoms with Gasteiger partial charge in [0.15, 0.2) is 0 Å². The van der Waals surface area contributed by atoms with E-state index in [1.165, 1.54) is 17.7 Å². The molecule has 0 bridgehead atoms. The number of rotatable bonds is 4. The summed E-state index contributed by atoms with van der Waals surface area (Å²) in [6, 6.07) is 14.0. The number of fused-ring (bicyclic) bond motifs is 2. The molecule has 34 heavy (non-hydrogen) atoms. The van der Waals surface area contributed by atoms with Gasteiger partial charge in [0.05, 0.1) is 26.6 Å². The highest BCUT2D eigenvalue weighted by Gasteiger charge is 2.20. The maximum atomic E-state index is 13.1. The molecule has 1 aliphatic heterocycles. The van der Waals surface area contributed by atoms with E-state index in [9.17, 15) is 18.0 Å². The molecule has 1 aromatic heterocycles. The third-order valence-corrected chi connectivity index (χ3v) is 7.72. The van der Waals surface area contributed by atoms with Crippen molar-refractivity contribution in [2.75, 3.05) is 16.6 Å². The van der Waals surface area contributed by atoms with E-state index in [-0.39, 0.29) is 10.4 Å². The van der Waals surface area contributed by atoms with E-state index in [0.29, 0.717) is 21.8 Å². The van der Waals surface area contributed by atoms with Crippen LogP contribution in [0.5, 0.6) is 0 Å². The Morgan fingerprint density at radius 1 is 0.941 bits per heavy atom. The van der Waals surface area contributed by atoms with Crippen molar-refractivity contribution in [1.29, 1.82) is 0 Å². The first-order valence-electron chi connectivity index (χ1n) is 10.7. The summed E-state index contributed by atoms with van der Waals surface area (Å²) >= 11 is 6.54. The predicted molar refractivity (Wildman–Crippen MR) is 134 cm³/mol. The summed E-state index contributed by atoms with van der Waals surface area (Å²) in [5.74, 6) is 0. The molecule has 0 radical (unpaired) electrons. The van der Waals surface area contributed by atoms with Gasteiger partial charge in [0.1, 0.15) is 0 Å². The molecule has 0 saturated carbocycles. The summed E-state index contributed by atoms with van der Waals surface area (Å²) < 4.78 is 28.8. The van der Waals surface area contributed by atoms with Crippen LogP contribution < -0.4 is 21.2 Å². The molecule has 174 valence electrons. The molecule has 0 spiro atoms. The fraction of sp³-hybridized carbons (Fsp3) is 0.167. The fourth-order valence-electron chi connectivity index (χ4n) is 4.21. The van der Waals surface area contributed by atoms with Crippen LogP contribution in [0.2, 0.25) is 5.02 Å². The molecule has 10 heteroatoms. The van der Waals surface area contributed by atoms with Gasteiger partial charge in [-0.15, -0.1) is 0 Å². The Hall–Kier alpha value is -3.56. The number of aromatic amines is 2. The van der Waals surface area contributed by atoms with Gasteiger partial charge in [-0.05, 0) is 72.9 Å². The van der Waals surface area contributed by atoms with Gasteiger partial charge in [0, 0.05) is 17.8 Å². The van der Waals surface area contributed by atoms with Gasteiger partial charge in [-0.3, -0.25) is 14.3 Å². The number of aromatic nitrogens is 2. The van der Waals surface area contributed by atoms with E-state index in [1.807, 2.05) is 12.1 Å². The molecule has 0 atom stereocenters. The minimum absolute atomic E-state index is 0.0231. The van der Waals surface area contributed by atoms with Crippen LogP contribution in [0.3, 0.4) is 0 Å². The van der Waals surface area contributed by atoms with Crippen LogP contribution in [-0.4, -0.2) is 24.9 Å². The monoisotopic (exact) mass is 496 g/mol. The first kappa shape index (κ1) is 22.2. The van der Waals surface area contributed by atoms with Crippen molar-refractivity contribution in [2.45, 2.75) is 24.7 Å². The lowest BCUT2D eigenvalue weighted by molar-refractivity contribution is 0.600. The number of benzene rings is 3. The third-order valence-electron chi connectivity index (χ3n) is 5.88. The Balaban J connectivity index is 1.47. The molecule has 8 nitrogen and oxygen atoms in total. The molecule has 4 N–H and O–H groups in total. The van der Waals surface area contributed by atoms with Crippen molar-refractivity contribution >= 4 is 44.0 Å². The zero-order valence-corrected chi connectivity index (χ0v) is 19.7. The SMILES string of the molecule is Cc1cc2[nH]c(=O)c(=O)[nH]c2cc1S(=O)(=O)Nc1ccc(-c2ccc3c(c2)CCCN3)c(Cl)c1. The second kappa shape index (κ2) is 8.34. The molecule has 5 rings (SSSR count). The molecular weight excluding hydrogens is 476 g/mol. The maximum absolute atomic E-state index is 13.1. The Morgan fingerprint density at radius 3 is 2.41 bits per heavy atom. The number of H-pyrrole nitrogens is 2. The van der Waals surface area contributed by atoms with E-state index < -0.39 is 21.1 Å². The number of sulfonamides is 1. The lowest BCUT2D eigenvalue weighted by Gasteiger charge is -2.19. The highest BCUT2D eigenvalue weighted by Crippen LogP contribution is 2.34. The van der Waals surface area contributed by atoms with Gasteiger partial charge in [-0.1, -0.05) is 23.7 Å². The molecular formula is C24H21ClN4O4S. The summed E-state index contributed by atoms with van der Waals surface area (Å²) in [4.78, 5) is 28.0. The molecule has 0 fully saturated rings. The Morgan fingerprint density at radius 2 is 1.68 bits per heavy atom. The van der Waals surface area contributed by atoms with E-state index in [1.54, 1.807) is 25.1 Å². The molecule has 2 heterocycles. The van der Waals surface area contributed by atoms with Crippen LogP contribution in [0.15, 0.2) is 63.0 Å².